The van der Waals surface area contributed by atoms with E-state index in [4.69, 9.17) is 9.47 Å². The number of nitrogens with one attached hydrogen (secondary N) is 4. The highest BCUT2D eigenvalue weighted by Crippen LogP contribution is 2.37. The predicted octanol–water partition coefficient (Wildman–Crippen LogP) is 2.10. The molecule has 12 nitrogen and oxygen atoms in total. The molecule has 242 valence electrons. The van der Waals surface area contributed by atoms with E-state index in [2.05, 4.69) is 21.4 Å². The van der Waals surface area contributed by atoms with E-state index in [0.717, 1.165) is 44.5 Å². The third-order valence-corrected chi connectivity index (χ3v) is 9.42. The van der Waals surface area contributed by atoms with Crippen LogP contribution in [0.5, 0.6) is 5.75 Å². The highest BCUT2D eigenvalue weighted by atomic mass is 16.6. The minimum atomic E-state index is -1.06. The van der Waals surface area contributed by atoms with Gasteiger partial charge in [0, 0.05) is 49.4 Å². The average Bonchev–Trinajstić information content (AvgIpc) is 3.76. The van der Waals surface area contributed by atoms with Crippen LogP contribution in [0.15, 0.2) is 42.5 Å². The Kier molecular flexibility index (Phi) is 9.84. The Bertz CT molecular complexity index is 1360. The van der Waals surface area contributed by atoms with Crippen molar-refractivity contribution in [1.82, 2.24) is 21.1 Å². The van der Waals surface area contributed by atoms with E-state index < -0.39 is 24.1 Å². The maximum absolute atomic E-state index is 13.5. The summed E-state index contributed by atoms with van der Waals surface area (Å²) in [6.07, 6.45) is 2.67. The zero-order valence-corrected chi connectivity index (χ0v) is 25.4. The molecular formula is C33H43N5O7. The summed E-state index contributed by atoms with van der Waals surface area (Å²) in [5.41, 5.74) is 5.06. The number of benzene rings is 2. The van der Waals surface area contributed by atoms with E-state index >= 15 is 0 Å². The Morgan fingerprint density at radius 1 is 1.13 bits per heavy atom. The second-order valence-electron chi connectivity index (χ2n) is 12.7. The lowest BCUT2D eigenvalue weighted by molar-refractivity contribution is -0.116. The second kappa shape index (κ2) is 14.2. The summed E-state index contributed by atoms with van der Waals surface area (Å²) in [6, 6.07) is 11.9. The Balaban J connectivity index is 1.15. The molecule has 3 heterocycles. The number of fused-ring (bicyclic) bond motifs is 2. The minimum absolute atomic E-state index is 0.0368. The monoisotopic (exact) mass is 621 g/mol. The average molecular weight is 622 g/mol. The molecule has 3 fully saturated rings. The third kappa shape index (κ3) is 7.93. The van der Waals surface area contributed by atoms with Crippen molar-refractivity contribution in [1.29, 1.82) is 0 Å². The number of phenols is 1. The van der Waals surface area contributed by atoms with Crippen molar-refractivity contribution >= 4 is 23.6 Å². The number of aliphatic hydroxyl groups is 1. The molecule has 2 saturated heterocycles. The Hall–Kier alpha value is -3.71. The van der Waals surface area contributed by atoms with Crippen LogP contribution >= 0.6 is 0 Å². The Morgan fingerprint density at radius 2 is 1.98 bits per heavy atom. The standard InChI is InChI=1S/C33H43N5O7/c39-28-15-23(14-26-25(28)6-7-31(41)35-26)32(42)37-38(18-21-8-10-34-17-21)19-29(40)27(12-20-4-2-1-3-5-20)36-33(43)45-24-13-22-9-11-44-30(22)16-24/h1-5,14-15,21-22,24,27,29-30,34,39-40H,6-13,16-19H2,(H,35,41)(H,36,43)(H,37,42)/t21?,22-,24+,27-,29+,30+/m0/s1. The number of carbonyl (C=O) groups excluding carboxylic acids is 3. The van der Waals surface area contributed by atoms with Gasteiger partial charge in [0.25, 0.3) is 5.91 Å². The summed E-state index contributed by atoms with van der Waals surface area (Å²) in [5.74, 6) is -0.0377. The molecule has 1 saturated carbocycles. The van der Waals surface area contributed by atoms with Gasteiger partial charge in [0.15, 0.2) is 0 Å². The van der Waals surface area contributed by atoms with E-state index in [1.54, 1.807) is 11.1 Å². The highest BCUT2D eigenvalue weighted by molar-refractivity contribution is 5.99. The first kappa shape index (κ1) is 31.3. The van der Waals surface area contributed by atoms with E-state index in [0.29, 0.717) is 43.0 Å². The smallest absolute Gasteiger partial charge is 0.407 e. The van der Waals surface area contributed by atoms with Gasteiger partial charge in [0.05, 0.1) is 18.2 Å². The molecule has 3 aliphatic heterocycles. The van der Waals surface area contributed by atoms with E-state index in [1.807, 2.05) is 30.3 Å². The molecular weight excluding hydrogens is 578 g/mol. The number of anilines is 1. The molecule has 12 heteroatoms. The van der Waals surface area contributed by atoms with Gasteiger partial charge in [-0.25, -0.2) is 9.80 Å². The Morgan fingerprint density at radius 3 is 2.76 bits per heavy atom. The van der Waals surface area contributed by atoms with Gasteiger partial charge in [-0.1, -0.05) is 30.3 Å². The van der Waals surface area contributed by atoms with Crippen LogP contribution in [0.4, 0.5) is 10.5 Å². The number of amides is 3. The number of hydrogen-bond donors (Lipinski definition) is 6. The van der Waals surface area contributed by atoms with E-state index in [-0.39, 0.29) is 48.3 Å². The summed E-state index contributed by atoms with van der Waals surface area (Å²) in [5, 5.41) is 32.8. The molecule has 1 aliphatic carbocycles. The van der Waals surface area contributed by atoms with E-state index in [1.165, 1.54) is 6.07 Å². The van der Waals surface area contributed by atoms with Gasteiger partial charge in [-0.05, 0) is 74.7 Å². The summed E-state index contributed by atoms with van der Waals surface area (Å²) >= 11 is 0. The summed E-state index contributed by atoms with van der Waals surface area (Å²) in [6.45, 7) is 2.91. The lowest BCUT2D eigenvalue weighted by Crippen LogP contribution is -2.54. The normalized spacial score (nSPS) is 25.2. The fourth-order valence-corrected chi connectivity index (χ4v) is 7.02. The molecule has 2 aromatic rings. The lowest BCUT2D eigenvalue weighted by atomic mass is 9.99. The van der Waals surface area contributed by atoms with Crippen LogP contribution in [0.1, 0.15) is 53.6 Å². The number of rotatable bonds is 11. The van der Waals surface area contributed by atoms with Crippen LogP contribution in [0, 0.1) is 11.8 Å². The molecule has 0 radical (unpaired) electrons. The maximum atomic E-state index is 13.5. The number of carbonyl (C=O) groups is 3. The molecule has 0 aromatic heterocycles. The summed E-state index contributed by atoms with van der Waals surface area (Å²) < 4.78 is 11.5. The van der Waals surface area contributed by atoms with Crippen molar-refractivity contribution in [2.45, 2.75) is 69.3 Å². The van der Waals surface area contributed by atoms with Gasteiger partial charge in [0.1, 0.15) is 11.9 Å². The van der Waals surface area contributed by atoms with Crippen LogP contribution < -0.4 is 21.4 Å². The Labute approximate surface area is 262 Å². The first-order valence-corrected chi connectivity index (χ1v) is 16.0. The molecule has 6 rings (SSSR count). The second-order valence-corrected chi connectivity index (χ2v) is 12.7. The largest absolute Gasteiger partial charge is 0.508 e. The molecule has 45 heavy (non-hydrogen) atoms. The minimum Gasteiger partial charge on any atom is -0.508 e. The van der Waals surface area contributed by atoms with Crippen LogP contribution in [0.2, 0.25) is 0 Å². The number of phenolic OH excluding ortho intramolecular Hbond substituents is 1. The molecule has 4 aliphatic rings. The van der Waals surface area contributed by atoms with Crippen molar-refractivity contribution in [3.05, 3.63) is 59.2 Å². The maximum Gasteiger partial charge on any atom is 0.407 e. The number of nitrogens with zero attached hydrogens (tertiary/aromatic N) is 1. The number of hydrogen-bond acceptors (Lipinski definition) is 9. The van der Waals surface area contributed by atoms with Crippen LogP contribution in [0.3, 0.4) is 0 Å². The SMILES string of the molecule is O=C1CCc2c(O)cc(C(=O)NN(CC3CCNC3)C[C@@H](O)[C@H](Cc3ccccc3)NC(=O)O[C@@H]3C[C@@H]4CCO[C@@H]4C3)cc2N1. The molecule has 0 bridgehead atoms. The van der Waals surface area contributed by atoms with Crippen molar-refractivity contribution in [2.75, 3.05) is 38.1 Å². The lowest BCUT2D eigenvalue weighted by Gasteiger charge is -2.32. The fourth-order valence-electron chi connectivity index (χ4n) is 7.02. The van der Waals surface area contributed by atoms with Crippen molar-refractivity contribution in [3.63, 3.8) is 0 Å². The number of aromatic hydroxyl groups is 1. The molecule has 2 aromatic carbocycles. The van der Waals surface area contributed by atoms with Crippen LogP contribution in [-0.2, 0) is 27.1 Å². The number of alkyl carbamates (subject to hydrolysis) is 1. The highest BCUT2D eigenvalue weighted by Gasteiger charge is 2.40. The molecule has 0 spiro atoms. The molecule has 3 amide bonds. The quantitative estimate of drug-likeness (QED) is 0.207. The number of aliphatic hydroxyl groups excluding tert-OH is 1. The first-order valence-electron chi connectivity index (χ1n) is 16.0. The fraction of sp³-hybridized carbons (Fsp3) is 0.545. The number of hydrazine groups is 1. The third-order valence-electron chi connectivity index (χ3n) is 9.42. The topological polar surface area (TPSA) is 161 Å². The zero-order valence-electron chi connectivity index (χ0n) is 25.4. The first-order chi connectivity index (χ1) is 21.8. The molecule has 1 unspecified atom stereocenters. The van der Waals surface area contributed by atoms with Crippen molar-refractivity contribution < 1.29 is 34.1 Å². The summed E-state index contributed by atoms with van der Waals surface area (Å²) in [4.78, 5) is 38.5. The van der Waals surface area contributed by atoms with Gasteiger partial charge in [-0.3, -0.25) is 15.0 Å². The van der Waals surface area contributed by atoms with Crippen LogP contribution in [-0.4, -0.2) is 90.3 Å². The predicted molar refractivity (Wildman–Crippen MR) is 165 cm³/mol. The zero-order chi connectivity index (χ0) is 31.3. The molecule has 6 N–H and O–H groups in total. The van der Waals surface area contributed by atoms with Crippen molar-refractivity contribution in [3.8, 4) is 5.75 Å². The van der Waals surface area contributed by atoms with E-state index in [9.17, 15) is 24.6 Å². The van der Waals surface area contributed by atoms with Crippen molar-refractivity contribution in [2.24, 2.45) is 11.8 Å². The molecule has 6 atom stereocenters. The van der Waals surface area contributed by atoms with Gasteiger partial charge in [0.2, 0.25) is 5.91 Å². The van der Waals surface area contributed by atoms with Gasteiger partial charge in [-0.2, -0.15) is 0 Å². The van der Waals surface area contributed by atoms with Gasteiger partial charge >= 0.3 is 6.09 Å². The van der Waals surface area contributed by atoms with Gasteiger partial charge in [-0.15, -0.1) is 0 Å². The summed E-state index contributed by atoms with van der Waals surface area (Å²) in [7, 11) is 0. The van der Waals surface area contributed by atoms with Gasteiger partial charge < -0.3 is 35.6 Å². The van der Waals surface area contributed by atoms with Crippen LogP contribution in [0.25, 0.3) is 0 Å². The number of ether oxygens (including phenoxy) is 2.